The highest BCUT2D eigenvalue weighted by Crippen LogP contribution is 2.47. The minimum absolute atomic E-state index is 0.0269. The van der Waals surface area contributed by atoms with E-state index in [4.69, 9.17) is 0 Å². The van der Waals surface area contributed by atoms with Crippen molar-refractivity contribution in [3.8, 4) is 0 Å². The Morgan fingerprint density at radius 3 is 2.33 bits per heavy atom. The normalized spacial score (nSPS) is 22.7. The highest BCUT2D eigenvalue weighted by atomic mass is 32.1. The predicted octanol–water partition coefficient (Wildman–Crippen LogP) is 4.91. The SMILES string of the molecule is O=C(NCCN1CCN(Cc2ccccc2)CC1)[C@H]1c2ccccc2C(=O)N(C2CCCC2)[C@H]1c1cccs1. The molecule has 3 aliphatic rings. The molecule has 7 heteroatoms. The summed E-state index contributed by atoms with van der Waals surface area (Å²) in [6.45, 7) is 6.55. The van der Waals surface area contributed by atoms with E-state index in [1.165, 1.54) is 5.56 Å². The van der Waals surface area contributed by atoms with Crippen LogP contribution in [0.3, 0.4) is 0 Å². The first-order valence-electron chi connectivity index (χ1n) is 14.4. The van der Waals surface area contributed by atoms with Crippen LogP contribution in [0.5, 0.6) is 0 Å². The van der Waals surface area contributed by atoms with E-state index in [-0.39, 0.29) is 23.9 Å². The van der Waals surface area contributed by atoms with E-state index in [1.807, 2.05) is 30.3 Å². The minimum Gasteiger partial charge on any atom is -0.354 e. The lowest BCUT2D eigenvalue weighted by molar-refractivity contribution is -0.124. The fourth-order valence-corrected chi connectivity index (χ4v) is 7.50. The summed E-state index contributed by atoms with van der Waals surface area (Å²) in [6, 6.07) is 22.5. The summed E-state index contributed by atoms with van der Waals surface area (Å²) in [5, 5.41) is 5.34. The average Bonchev–Trinajstić information content (AvgIpc) is 3.70. The molecular weight excluding hydrogens is 504 g/mol. The van der Waals surface area contributed by atoms with Gasteiger partial charge in [0.25, 0.3) is 5.91 Å². The Hall–Kier alpha value is -3.00. The van der Waals surface area contributed by atoms with Gasteiger partial charge in [-0.1, -0.05) is 67.4 Å². The molecule has 0 bridgehead atoms. The molecule has 0 radical (unpaired) electrons. The molecule has 2 aromatic carbocycles. The van der Waals surface area contributed by atoms with E-state index < -0.39 is 5.92 Å². The average molecular weight is 543 g/mol. The number of nitrogens with zero attached hydrogens (tertiary/aromatic N) is 3. The summed E-state index contributed by atoms with van der Waals surface area (Å²) < 4.78 is 0. The van der Waals surface area contributed by atoms with Crippen LogP contribution in [-0.4, -0.2) is 71.8 Å². The summed E-state index contributed by atoms with van der Waals surface area (Å²) in [7, 11) is 0. The van der Waals surface area contributed by atoms with Crippen LogP contribution in [0.15, 0.2) is 72.1 Å². The van der Waals surface area contributed by atoms with Crippen molar-refractivity contribution < 1.29 is 9.59 Å². The molecule has 1 N–H and O–H groups in total. The van der Waals surface area contributed by atoms with E-state index in [2.05, 4.69) is 61.8 Å². The lowest BCUT2D eigenvalue weighted by Crippen LogP contribution is -2.51. The molecule has 2 aliphatic heterocycles. The van der Waals surface area contributed by atoms with Crippen molar-refractivity contribution in [2.24, 2.45) is 0 Å². The van der Waals surface area contributed by atoms with Crippen molar-refractivity contribution in [3.63, 3.8) is 0 Å². The van der Waals surface area contributed by atoms with E-state index in [0.29, 0.717) is 12.1 Å². The Kier molecular flexibility index (Phi) is 8.09. The summed E-state index contributed by atoms with van der Waals surface area (Å²) in [4.78, 5) is 35.9. The van der Waals surface area contributed by atoms with Crippen LogP contribution in [0, 0.1) is 0 Å². The maximum Gasteiger partial charge on any atom is 0.254 e. The Bertz CT molecular complexity index is 1250. The number of thiophene rings is 1. The Morgan fingerprint density at radius 1 is 0.872 bits per heavy atom. The molecule has 1 aromatic heterocycles. The van der Waals surface area contributed by atoms with Gasteiger partial charge in [-0.2, -0.15) is 0 Å². The van der Waals surface area contributed by atoms with Crippen molar-refractivity contribution >= 4 is 23.2 Å². The van der Waals surface area contributed by atoms with Gasteiger partial charge in [0.05, 0.1) is 12.0 Å². The van der Waals surface area contributed by atoms with E-state index in [1.54, 1.807) is 11.3 Å². The third-order valence-electron chi connectivity index (χ3n) is 8.65. The van der Waals surface area contributed by atoms with Gasteiger partial charge in [-0.05, 0) is 41.5 Å². The smallest absolute Gasteiger partial charge is 0.254 e. The van der Waals surface area contributed by atoms with Crippen LogP contribution in [0.2, 0.25) is 0 Å². The Morgan fingerprint density at radius 2 is 1.59 bits per heavy atom. The summed E-state index contributed by atoms with van der Waals surface area (Å²) in [5.74, 6) is -0.298. The van der Waals surface area contributed by atoms with Gasteiger partial charge in [0.2, 0.25) is 5.91 Å². The number of hydrogen-bond acceptors (Lipinski definition) is 5. The van der Waals surface area contributed by atoms with Crippen molar-refractivity contribution in [1.82, 2.24) is 20.0 Å². The number of hydrogen-bond donors (Lipinski definition) is 1. The zero-order valence-electron chi connectivity index (χ0n) is 22.5. The van der Waals surface area contributed by atoms with Crippen LogP contribution in [-0.2, 0) is 11.3 Å². The Labute approximate surface area is 235 Å². The van der Waals surface area contributed by atoms with E-state index in [0.717, 1.165) is 75.4 Å². The number of carbonyl (C=O) groups is 2. The second kappa shape index (κ2) is 12.0. The highest BCUT2D eigenvalue weighted by molar-refractivity contribution is 7.10. The topological polar surface area (TPSA) is 55.9 Å². The van der Waals surface area contributed by atoms with Crippen LogP contribution >= 0.6 is 11.3 Å². The first-order valence-corrected chi connectivity index (χ1v) is 15.3. The summed E-state index contributed by atoms with van der Waals surface area (Å²) >= 11 is 1.65. The lowest BCUT2D eigenvalue weighted by atomic mass is 9.80. The first kappa shape index (κ1) is 26.2. The number of benzene rings is 2. The molecule has 3 aromatic rings. The number of amides is 2. The van der Waals surface area contributed by atoms with Gasteiger partial charge in [0, 0.05) is 62.3 Å². The van der Waals surface area contributed by atoms with Crippen molar-refractivity contribution in [2.75, 3.05) is 39.3 Å². The van der Waals surface area contributed by atoms with Gasteiger partial charge in [-0.3, -0.25) is 19.4 Å². The molecular formula is C32H38N4O2S. The third kappa shape index (κ3) is 5.67. The van der Waals surface area contributed by atoms with Crippen LogP contribution in [0.25, 0.3) is 0 Å². The fraction of sp³-hybridized carbons (Fsp3) is 0.438. The highest BCUT2D eigenvalue weighted by Gasteiger charge is 2.47. The van der Waals surface area contributed by atoms with Crippen LogP contribution in [0.4, 0.5) is 0 Å². The number of nitrogens with one attached hydrogen (secondary N) is 1. The monoisotopic (exact) mass is 542 g/mol. The largest absolute Gasteiger partial charge is 0.354 e. The zero-order chi connectivity index (χ0) is 26.6. The van der Waals surface area contributed by atoms with Gasteiger partial charge in [0.1, 0.15) is 0 Å². The summed E-state index contributed by atoms with van der Waals surface area (Å²) in [6.07, 6.45) is 4.31. The standard InChI is InChI=1S/C32H38N4O2S/c37-31(33-16-17-34-18-20-35(21-19-34)23-24-9-2-1-3-10-24)29-26-13-6-7-14-27(26)32(38)36(25-11-4-5-12-25)30(29)28-15-8-22-39-28/h1-3,6-10,13-15,22,25,29-30H,4-5,11-12,16-21,23H2,(H,33,37)/t29-,30-/m0/s1. The second-order valence-electron chi connectivity index (χ2n) is 11.1. The predicted molar refractivity (Wildman–Crippen MR) is 156 cm³/mol. The number of fused-ring (bicyclic) bond motifs is 1. The maximum absolute atomic E-state index is 14.0. The molecule has 6 rings (SSSR count). The van der Waals surface area contributed by atoms with Gasteiger partial charge in [-0.25, -0.2) is 0 Å². The minimum atomic E-state index is -0.402. The van der Waals surface area contributed by atoms with Crippen molar-refractivity contribution in [3.05, 3.63) is 93.7 Å². The second-order valence-corrected chi connectivity index (χ2v) is 12.0. The van der Waals surface area contributed by atoms with Gasteiger partial charge < -0.3 is 10.2 Å². The molecule has 2 atom stereocenters. The molecule has 0 spiro atoms. The van der Waals surface area contributed by atoms with Crippen LogP contribution < -0.4 is 5.32 Å². The maximum atomic E-state index is 14.0. The zero-order valence-corrected chi connectivity index (χ0v) is 23.3. The van der Waals surface area contributed by atoms with Crippen molar-refractivity contribution in [1.29, 1.82) is 0 Å². The van der Waals surface area contributed by atoms with Crippen LogP contribution in [0.1, 0.15) is 64.0 Å². The number of rotatable bonds is 8. The molecule has 204 valence electrons. The third-order valence-corrected chi connectivity index (χ3v) is 9.60. The molecule has 6 nitrogen and oxygen atoms in total. The fourth-order valence-electron chi connectivity index (χ4n) is 6.64. The van der Waals surface area contributed by atoms with Crippen molar-refractivity contribution in [2.45, 2.75) is 50.2 Å². The Balaban J connectivity index is 1.13. The molecule has 2 amide bonds. The molecule has 1 saturated heterocycles. The first-order chi connectivity index (χ1) is 19.2. The van der Waals surface area contributed by atoms with Gasteiger partial charge >= 0.3 is 0 Å². The van der Waals surface area contributed by atoms with Gasteiger partial charge in [-0.15, -0.1) is 11.3 Å². The van der Waals surface area contributed by atoms with E-state index in [9.17, 15) is 9.59 Å². The number of carbonyl (C=O) groups excluding carboxylic acids is 2. The molecule has 39 heavy (non-hydrogen) atoms. The lowest BCUT2D eigenvalue weighted by Gasteiger charge is -2.44. The molecule has 2 fully saturated rings. The van der Waals surface area contributed by atoms with Gasteiger partial charge in [0.15, 0.2) is 0 Å². The molecule has 0 unspecified atom stereocenters. The number of piperazine rings is 1. The summed E-state index contributed by atoms with van der Waals surface area (Å²) in [5.41, 5.74) is 2.91. The molecule has 1 saturated carbocycles. The molecule has 3 heterocycles. The quantitative estimate of drug-likeness (QED) is 0.440. The molecule has 1 aliphatic carbocycles. The van der Waals surface area contributed by atoms with E-state index >= 15 is 0 Å².